The first-order valence-corrected chi connectivity index (χ1v) is 8.69. The van der Waals surface area contributed by atoms with Gasteiger partial charge < -0.3 is 15.0 Å². The molecule has 0 bridgehead atoms. The van der Waals surface area contributed by atoms with Crippen molar-refractivity contribution in [3.05, 3.63) is 41.2 Å². The SMILES string of the molecule is COc1cccc([C@H]2CCN2C(=O)Nc2c(C)nn(C(C)C)c2C)c1. The number of benzene rings is 1. The van der Waals surface area contributed by atoms with Crippen molar-refractivity contribution in [2.75, 3.05) is 19.0 Å². The third-order valence-corrected chi connectivity index (χ3v) is 4.81. The molecule has 2 aromatic rings. The maximum Gasteiger partial charge on any atom is 0.322 e. The highest BCUT2D eigenvalue weighted by Gasteiger charge is 2.34. The van der Waals surface area contributed by atoms with Crippen LogP contribution < -0.4 is 10.1 Å². The van der Waals surface area contributed by atoms with E-state index >= 15 is 0 Å². The first-order valence-electron chi connectivity index (χ1n) is 8.69. The molecule has 0 unspecified atom stereocenters. The number of nitrogens with one attached hydrogen (secondary N) is 1. The number of rotatable bonds is 4. The number of likely N-dealkylation sites (tertiary alicyclic amines) is 1. The van der Waals surface area contributed by atoms with E-state index in [-0.39, 0.29) is 18.1 Å². The molecular formula is C19H26N4O2. The lowest BCUT2D eigenvalue weighted by Gasteiger charge is -2.41. The van der Waals surface area contributed by atoms with Crippen molar-refractivity contribution >= 4 is 11.7 Å². The number of carbonyl (C=O) groups excluding carboxylic acids is 1. The topological polar surface area (TPSA) is 59.4 Å². The molecule has 2 heterocycles. The van der Waals surface area contributed by atoms with Crippen LogP contribution in [0.1, 0.15) is 49.3 Å². The van der Waals surface area contributed by atoms with Crippen LogP contribution >= 0.6 is 0 Å². The van der Waals surface area contributed by atoms with Crippen molar-refractivity contribution in [3.63, 3.8) is 0 Å². The number of anilines is 1. The maximum absolute atomic E-state index is 12.8. The van der Waals surface area contributed by atoms with Crippen molar-refractivity contribution in [2.45, 2.75) is 46.2 Å². The lowest BCUT2D eigenvalue weighted by molar-refractivity contribution is 0.126. The molecule has 25 heavy (non-hydrogen) atoms. The largest absolute Gasteiger partial charge is 0.497 e. The van der Waals surface area contributed by atoms with Gasteiger partial charge in [-0.05, 0) is 51.8 Å². The van der Waals surface area contributed by atoms with Crippen LogP contribution in [0.4, 0.5) is 10.5 Å². The van der Waals surface area contributed by atoms with Crippen LogP contribution in [0.25, 0.3) is 0 Å². The Hall–Kier alpha value is -2.50. The van der Waals surface area contributed by atoms with Gasteiger partial charge in [0.2, 0.25) is 0 Å². The van der Waals surface area contributed by atoms with Crippen LogP contribution in [0.15, 0.2) is 24.3 Å². The summed E-state index contributed by atoms with van der Waals surface area (Å²) in [6.45, 7) is 8.84. The van der Waals surface area contributed by atoms with Crippen LogP contribution in [0.2, 0.25) is 0 Å². The van der Waals surface area contributed by atoms with Gasteiger partial charge in [-0.15, -0.1) is 0 Å². The van der Waals surface area contributed by atoms with Gasteiger partial charge in [-0.25, -0.2) is 4.79 Å². The van der Waals surface area contributed by atoms with Crippen molar-refractivity contribution in [2.24, 2.45) is 0 Å². The fourth-order valence-corrected chi connectivity index (χ4v) is 3.35. The number of nitrogens with zero attached hydrogens (tertiary/aromatic N) is 3. The first-order chi connectivity index (χ1) is 11.9. The van der Waals surface area contributed by atoms with E-state index in [1.807, 2.05) is 47.7 Å². The van der Waals surface area contributed by atoms with Crippen LogP contribution in [0.5, 0.6) is 5.75 Å². The third kappa shape index (κ3) is 3.21. The Morgan fingerprint density at radius 1 is 1.36 bits per heavy atom. The zero-order valence-corrected chi connectivity index (χ0v) is 15.5. The Balaban J connectivity index is 1.76. The van der Waals surface area contributed by atoms with Gasteiger partial charge in [0, 0.05) is 12.6 Å². The van der Waals surface area contributed by atoms with Crippen molar-refractivity contribution in [1.29, 1.82) is 0 Å². The molecule has 1 aromatic heterocycles. The highest BCUT2D eigenvalue weighted by Crippen LogP contribution is 2.35. The molecule has 3 rings (SSSR count). The molecule has 1 atom stereocenters. The van der Waals surface area contributed by atoms with Crippen molar-refractivity contribution < 1.29 is 9.53 Å². The van der Waals surface area contributed by atoms with Gasteiger partial charge in [0.15, 0.2) is 0 Å². The molecular weight excluding hydrogens is 316 g/mol. The molecule has 1 saturated heterocycles. The van der Waals surface area contributed by atoms with Gasteiger partial charge in [-0.3, -0.25) is 4.68 Å². The second-order valence-electron chi connectivity index (χ2n) is 6.79. The number of urea groups is 1. The van der Waals surface area contributed by atoms with Gasteiger partial charge in [0.05, 0.1) is 30.2 Å². The summed E-state index contributed by atoms with van der Waals surface area (Å²) in [5.74, 6) is 0.814. The first kappa shape index (κ1) is 17.3. The number of hydrogen-bond acceptors (Lipinski definition) is 3. The van der Waals surface area contributed by atoms with Gasteiger partial charge in [-0.1, -0.05) is 12.1 Å². The third-order valence-electron chi connectivity index (χ3n) is 4.81. The summed E-state index contributed by atoms with van der Waals surface area (Å²) in [6, 6.07) is 8.20. The standard InChI is InChI=1S/C19H26N4O2/c1-12(2)23-14(4)18(13(3)21-23)20-19(24)22-10-9-17(22)15-7-6-8-16(11-15)25-5/h6-8,11-12,17H,9-10H2,1-5H3,(H,20,24)/t17-/m1/s1. The van der Waals surface area contributed by atoms with Crippen LogP contribution in [-0.4, -0.2) is 34.4 Å². The smallest absolute Gasteiger partial charge is 0.322 e. The normalized spacial score (nSPS) is 16.7. The van der Waals surface area contributed by atoms with E-state index < -0.39 is 0 Å². The Bertz CT molecular complexity index is 782. The molecule has 1 fully saturated rings. The van der Waals surface area contributed by atoms with E-state index in [9.17, 15) is 4.79 Å². The number of aryl methyl sites for hydroxylation is 1. The average molecular weight is 342 g/mol. The van der Waals surface area contributed by atoms with E-state index in [0.717, 1.165) is 41.4 Å². The summed E-state index contributed by atoms with van der Waals surface area (Å²) < 4.78 is 7.24. The van der Waals surface area contributed by atoms with Gasteiger partial charge in [0.1, 0.15) is 5.75 Å². The summed E-state index contributed by atoms with van der Waals surface area (Å²) >= 11 is 0. The summed E-state index contributed by atoms with van der Waals surface area (Å²) in [7, 11) is 1.66. The summed E-state index contributed by atoms with van der Waals surface area (Å²) in [5.41, 5.74) is 3.75. The Morgan fingerprint density at radius 3 is 2.68 bits per heavy atom. The molecule has 0 spiro atoms. The molecule has 134 valence electrons. The average Bonchev–Trinajstić information content (AvgIpc) is 2.82. The fraction of sp³-hybridized carbons (Fsp3) is 0.474. The van der Waals surface area contributed by atoms with Crippen molar-refractivity contribution in [1.82, 2.24) is 14.7 Å². The van der Waals surface area contributed by atoms with E-state index in [4.69, 9.17) is 4.74 Å². The molecule has 1 aromatic carbocycles. The lowest BCUT2D eigenvalue weighted by Crippen LogP contribution is -2.47. The van der Waals surface area contributed by atoms with Crippen molar-refractivity contribution in [3.8, 4) is 5.75 Å². The zero-order chi connectivity index (χ0) is 18.1. The van der Waals surface area contributed by atoms with E-state index in [0.29, 0.717) is 0 Å². The second-order valence-corrected chi connectivity index (χ2v) is 6.79. The van der Waals surface area contributed by atoms with Gasteiger partial charge >= 0.3 is 6.03 Å². The summed E-state index contributed by atoms with van der Waals surface area (Å²) in [6.07, 6.45) is 0.962. The number of ether oxygens (including phenoxy) is 1. The highest BCUT2D eigenvalue weighted by molar-refractivity contribution is 5.91. The summed E-state index contributed by atoms with van der Waals surface area (Å²) in [5, 5.41) is 7.59. The monoisotopic (exact) mass is 342 g/mol. The minimum absolute atomic E-state index is 0.0754. The fourth-order valence-electron chi connectivity index (χ4n) is 3.35. The molecule has 0 aliphatic carbocycles. The highest BCUT2D eigenvalue weighted by atomic mass is 16.5. The van der Waals surface area contributed by atoms with Crippen LogP contribution in [-0.2, 0) is 0 Å². The number of amides is 2. The van der Waals surface area contributed by atoms with E-state index in [2.05, 4.69) is 24.3 Å². The quantitative estimate of drug-likeness (QED) is 0.911. The Kier molecular flexibility index (Phi) is 4.70. The molecule has 0 saturated carbocycles. The van der Waals surface area contributed by atoms with Gasteiger partial charge in [0.25, 0.3) is 0 Å². The second kappa shape index (κ2) is 6.78. The van der Waals surface area contributed by atoms with Crippen LogP contribution in [0, 0.1) is 13.8 Å². The number of carbonyl (C=O) groups is 1. The molecule has 6 heteroatoms. The summed E-state index contributed by atoms with van der Waals surface area (Å²) in [4.78, 5) is 14.6. The minimum atomic E-state index is -0.0754. The predicted molar refractivity (Wildman–Crippen MR) is 98.2 cm³/mol. The maximum atomic E-state index is 12.8. The molecule has 2 amide bonds. The zero-order valence-electron chi connectivity index (χ0n) is 15.5. The molecule has 1 aliphatic rings. The number of methoxy groups -OCH3 is 1. The molecule has 0 radical (unpaired) electrons. The Morgan fingerprint density at radius 2 is 2.12 bits per heavy atom. The van der Waals surface area contributed by atoms with Crippen LogP contribution in [0.3, 0.4) is 0 Å². The van der Waals surface area contributed by atoms with Gasteiger partial charge in [-0.2, -0.15) is 5.10 Å². The Labute approximate surface area is 148 Å². The number of hydrogen-bond donors (Lipinski definition) is 1. The molecule has 6 nitrogen and oxygen atoms in total. The predicted octanol–water partition coefficient (Wildman–Crippen LogP) is 4.07. The molecule has 1 N–H and O–H groups in total. The molecule has 1 aliphatic heterocycles. The van der Waals surface area contributed by atoms with E-state index in [1.165, 1.54) is 0 Å². The minimum Gasteiger partial charge on any atom is -0.497 e. The number of aromatic nitrogens is 2. The lowest BCUT2D eigenvalue weighted by atomic mass is 9.95. The van der Waals surface area contributed by atoms with E-state index in [1.54, 1.807) is 7.11 Å².